The summed E-state index contributed by atoms with van der Waals surface area (Å²) in [5.74, 6) is -0.370. The Balaban J connectivity index is 2.05. The largest absolute Gasteiger partial charge is 0.456 e. The molecule has 0 bridgehead atoms. The van der Waals surface area contributed by atoms with Gasteiger partial charge >= 0.3 is 5.97 Å². The summed E-state index contributed by atoms with van der Waals surface area (Å²) < 4.78 is 5.21. The monoisotopic (exact) mass is 262 g/mol. The van der Waals surface area contributed by atoms with Gasteiger partial charge in [-0.15, -0.1) is 11.3 Å². The quantitative estimate of drug-likeness (QED) is 0.682. The maximum absolute atomic E-state index is 11.9. The summed E-state index contributed by atoms with van der Waals surface area (Å²) >= 11 is 1.54. The molecule has 18 heavy (non-hydrogen) atoms. The normalized spacial score (nSPS) is 10.3. The van der Waals surface area contributed by atoms with Crippen LogP contribution in [-0.2, 0) is 11.3 Å². The predicted octanol–water partition coefficient (Wildman–Crippen LogP) is 2.70. The van der Waals surface area contributed by atoms with Gasteiger partial charge in [0.15, 0.2) is 0 Å². The highest BCUT2D eigenvalue weighted by atomic mass is 32.1. The maximum atomic E-state index is 11.9. The van der Waals surface area contributed by atoms with Crippen LogP contribution in [0.4, 0.5) is 5.69 Å². The van der Waals surface area contributed by atoms with Gasteiger partial charge in [0.2, 0.25) is 0 Å². The zero-order valence-electron chi connectivity index (χ0n) is 10.3. The summed E-state index contributed by atoms with van der Waals surface area (Å²) in [7, 11) is 0. The van der Waals surface area contributed by atoms with Crippen molar-refractivity contribution < 1.29 is 9.53 Å². The van der Waals surface area contributed by atoms with Gasteiger partial charge in [0.1, 0.15) is 6.61 Å². The minimum atomic E-state index is -0.370. The topological polar surface area (TPSA) is 65.2 Å². The molecule has 1 heterocycles. The number of carbonyl (C=O) groups is 1. The first-order valence-corrected chi connectivity index (χ1v) is 6.38. The molecule has 94 valence electrons. The number of nitrogens with zero attached hydrogens (tertiary/aromatic N) is 1. The Hall–Kier alpha value is -1.88. The van der Waals surface area contributed by atoms with Crippen molar-refractivity contribution in [1.29, 1.82) is 0 Å². The molecule has 0 amide bonds. The zero-order valence-corrected chi connectivity index (χ0v) is 11.1. The van der Waals surface area contributed by atoms with Crippen LogP contribution >= 0.6 is 11.3 Å². The van der Waals surface area contributed by atoms with Crippen molar-refractivity contribution in [1.82, 2.24) is 4.98 Å². The van der Waals surface area contributed by atoms with E-state index in [9.17, 15) is 4.79 Å². The number of thiazole rings is 1. The number of aromatic nitrogens is 1. The molecule has 2 aromatic rings. The van der Waals surface area contributed by atoms with Crippen LogP contribution in [0.5, 0.6) is 0 Å². The number of nitrogen functional groups attached to an aromatic ring is 1. The number of nitrogens with two attached hydrogens (primary N) is 1. The number of anilines is 1. The SMILES string of the molecule is Cc1nc(COC(=O)c2cc(N)ccc2C)cs1. The minimum absolute atomic E-state index is 0.192. The molecule has 0 saturated carbocycles. The number of ether oxygens (including phenoxy) is 1. The molecule has 0 unspecified atom stereocenters. The third kappa shape index (κ3) is 2.87. The lowest BCUT2D eigenvalue weighted by Gasteiger charge is -2.06. The Morgan fingerprint density at radius 3 is 2.89 bits per heavy atom. The van der Waals surface area contributed by atoms with Crippen LogP contribution in [0, 0.1) is 13.8 Å². The molecule has 0 aliphatic rings. The van der Waals surface area contributed by atoms with Crippen molar-refractivity contribution in [3.63, 3.8) is 0 Å². The van der Waals surface area contributed by atoms with Gasteiger partial charge in [0.05, 0.1) is 16.3 Å². The van der Waals surface area contributed by atoms with Crippen LogP contribution in [0.2, 0.25) is 0 Å². The highest BCUT2D eigenvalue weighted by molar-refractivity contribution is 7.09. The standard InChI is InChI=1S/C13H14N2O2S/c1-8-3-4-10(14)5-12(8)13(16)17-6-11-7-18-9(2)15-11/h3-5,7H,6,14H2,1-2H3. The van der Waals surface area contributed by atoms with Crippen LogP contribution in [-0.4, -0.2) is 11.0 Å². The van der Waals surface area contributed by atoms with Gasteiger partial charge in [-0.25, -0.2) is 9.78 Å². The molecular formula is C13H14N2O2S. The fourth-order valence-electron chi connectivity index (χ4n) is 1.55. The van der Waals surface area contributed by atoms with Gasteiger partial charge in [0, 0.05) is 11.1 Å². The summed E-state index contributed by atoms with van der Waals surface area (Å²) in [6, 6.07) is 5.19. The predicted molar refractivity (Wildman–Crippen MR) is 71.6 cm³/mol. The Morgan fingerprint density at radius 1 is 1.44 bits per heavy atom. The third-order valence-electron chi connectivity index (χ3n) is 2.50. The Morgan fingerprint density at radius 2 is 2.22 bits per heavy atom. The second-order valence-electron chi connectivity index (χ2n) is 4.01. The van der Waals surface area contributed by atoms with E-state index in [1.54, 1.807) is 18.2 Å². The van der Waals surface area contributed by atoms with Gasteiger partial charge in [-0.1, -0.05) is 6.07 Å². The van der Waals surface area contributed by atoms with Crippen LogP contribution in [0.1, 0.15) is 26.6 Å². The highest BCUT2D eigenvalue weighted by Crippen LogP contribution is 2.15. The maximum Gasteiger partial charge on any atom is 0.338 e. The lowest BCUT2D eigenvalue weighted by Crippen LogP contribution is -2.08. The smallest absolute Gasteiger partial charge is 0.338 e. The second-order valence-corrected chi connectivity index (χ2v) is 5.07. The molecule has 0 atom stereocenters. The highest BCUT2D eigenvalue weighted by Gasteiger charge is 2.11. The lowest BCUT2D eigenvalue weighted by atomic mass is 10.1. The molecule has 2 rings (SSSR count). The van der Waals surface area contributed by atoms with E-state index in [2.05, 4.69) is 4.98 Å². The van der Waals surface area contributed by atoms with E-state index in [1.807, 2.05) is 19.2 Å². The van der Waals surface area contributed by atoms with Crippen molar-refractivity contribution in [2.45, 2.75) is 20.5 Å². The van der Waals surface area contributed by atoms with Crippen molar-refractivity contribution in [2.75, 3.05) is 5.73 Å². The van der Waals surface area contributed by atoms with E-state index in [1.165, 1.54) is 11.3 Å². The molecule has 4 nitrogen and oxygen atoms in total. The molecular weight excluding hydrogens is 248 g/mol. The van der Waals surface area contributed by atoms with Gasteiger partial charge in [0.25, 0.3) is 0 Å². The number of aryl methyl sites for hydroxylation is 2. The Bertz CT molecular complexity index is 578. The van der Waals surface area contributed by atoms with E-state index < -0.39 is 0 Å². The fraction of sp³-hybridized carbons (Fsp3) is 0.231. The minimum Gasteiger partial charge on any atom is -0.456 e. The van der Waals surface area contributed by atoms with Crippen molar-refractivity contribution in [3.05, 3.63) is 45.4 Å². The number of rotatable bonds is 3. The average Bonchev–Trinajstić information content (AvgIpc) is 2.75. The number of benzene rings is 1. The van der Waals surface area contributed by atoms with E-state index in [0.717, 1.165) is 16.3 Å². The molecule has 0 aliphatic heterocycles. The first-order valence-electron chi connectivity index (χ1n) is 5.50. The summed E-state index contributed by atoms with van der Waals surface area (Å²) in [4.78, 5) is 16.1. The van der Waals surface area contributed by atoms with Gasteiger partial charge in [-0.05, 0) is 31.5 Å². The summed E-state index contributed by atoms with van der Waals surface area (Å²) in [6.07, 6.45) is 0. The van der Waals surface area contributed by atoms with Crippen LogP contribution in [0.15, 0.2) is 23.6 Å². The summed E-state index contributed by atoms with van der Waals surface area (Å²) in [5.41, 5.74) is 8.33. The molecule has 0 fully saturated rings. The number of hydrogen-bond donors (Lipinski definition) is 1. The molecule has 1 aromatic carbocycles. The molecule has 0 aliphatic carbocycles. The summed E-state index contributed by atoms with van der Waals surface area (Å²) in [5, 5.41) is 2.84. The average molecular weight is 262 g/mol. The van der Waals surface area contributed by atoms with Gasteiger partial charge in [-0.2, -0.15) is 0 Å². The Kier molecular flexibility index (Phi) is 3.62. The molecule has 5 heteroatoms. The lowest BCUT2D eigenvalue weighted by molar-refractivity contribution is 0.0467. The molecule has 0 radical (unpaired) electrons. The number of hydrogen-bond acceptors (Lipinski definition) is 5. The van der Waals surface area contributed by atoms with Crippen LogP contribution in [0.25, 0.3) is 0 Å². The van der Waals surface area contributed by atoms with E-state index in [0.29, 0.717) is 11.3 Å². The first-order chi connectivity index (χ1) is 8.56. The van der Waals surface area contributed by atoms with Gasteiger partial charge in [-0.3, -0.25) is 0 Å². The second kappa shape index (κ2) is 5.18. The van der Waals surface area contributed by atoms with E-state index in [-0.39, 0.29) is 12.6 Å². The molecule has 2 N–H and O–H groups in total. The fourth-order valence-corrected chi connectivity index (χ4v) is 2.15. The molecule has 1 aromatic heterocycles. The molecule has 0 saturated heterocycles. The van der Waals surface area contributed by atoms with Crippen LogP contribution < -0.4 is 5.73 Å². The van der Waals surface area contributed by atoms with Crippen molar-refractivity contribution >= 4 is 23.0 Å². The Labute approximate surface area is 109 Å². The van der Waals surface area contributed by atoms with E-state index in [4.69, 9.17) is 10.5 Å². The molecule has 0 spiro atoms. The zero-order chi connectivity index (χ0) is 13.1. The van der Waals surface area contributed by atoms with Crippen molar-refractivity contribution in [3.8, 4) is 0 Å². The first kappa shape index (κ1) is 12.6. The van der Waals surface area contributed by atoms with E-state index >= 15 is 0 Å². The van der Waals surface area contributed by atoms with Crippen molar-refractivity contribution in [2.24, 2.45) is 0 Å². The third-order valence-corrected chi connectivity index (χ3v) is 3.32. The summed E-state index contributed by atoms with van der Waals surface area (Å²) in [6.45, 7) is 3.96. The number of carbonyl (C=O) groups excluding carboxylic acids is 1. The van der Waals surface area contributed by atoms with Crippen LogP contribution in [0.3, 0.4) is 0 Å². The van der Waals surface area contributed by atoms with Gasteiger partial charge < -0.3 is 10.5 Å². The number of esters is 1.